The van der Waals surface area contributed by atoms with E-state index >= 15 is 0 Å². The highest BCUT2D eigenvalue weighted by Gasteiger charge is 2.27. The van der Waals surface area contributed by atoms with Gasteiger partial charge in [0.1, 0.15) is 5.69 Å². The minimum atomic E-state index is -4.15. The normalized spacial score (nSPS) is 13.5. The van der Waals surface area contributed by atoms with Gasteiger partial charge in [-0.3, -0.25) is 19.6 Å². The summed E-state index contributed by atoms with van der Waals surface area (Å²) in [4.78, 5) is 32.6. The van der Waals surface area contributed by atoms with E-state index in [0.717, 1.165) is 89.6 Å². The Morgan fingerprint density at radius 2 is 1.53 bits per heavy atom. The number of halogens is 1. The molecule has 0 radical (unpaired) electrons. The third-order valence-electron chi connectivity index (χ3n) is 11.5. The first kappa shape index (κ1) is 46.0. The second-order valence-electron chi connectivity index (χ2n) is 16.0. The Balaban J connectivity index is 1.02. The Morgan fingerprint density at radius 3 is 2.17 bits per heavy atom. The van der Waals surface area contributed by atoms with Gasteiger partial charge in [0.25, 0.3) is 21.6 Å². The number of anilines is 4. The molecule has 16 heteroatoms. The monoisotopic (exact) mass is 920 g/mol. The lowest BCUT2D eigenvalue weighted by Gasteiger charge is -2.37. The minimum absolute atomic E-state index is 0.108. The highest BCUT2D eigenvalue weighted by molar-refractivity contribution is 7.99. The van der Waals surface area contributed by atoms with Gasteiger partial charge in [-0.25, -0.2) is 8.42 Å². The molecule has 3 N–H and O–H groups in total. The first-order chi connectivity index (χ1) is 30.7. The molecule has 1 atom stereocenters. The molecule has 7 rings (SSSR count). The quantitative estimate of drug-likeness (QED) is 0.0460. The molecule has 1 saturated heterocycles. The zero-order valence-corrected chi connectivity index (χ0v) is 38.9. The number of sulfonamides is 1. The third-order valence-corrected chi connectivity index (χ3v) is 14.3. The molecular weight excluding hydrogens is 868 g/mol. The van der Waals surface area contributed by atoms with Crippen LogP contribution in [0.15, 0.2) is 131 Å². The fourth-order valence-electron chi connectivity index (χ4n) is 7.96. The number of piperazine rings is 1. The first-order valence-corrected chi connectivity index (χ1v) is 23.8. The number of hydrogen-bond acceptors (Lipinski definition) is 10. The number of nitrogens with zero attached hydrogens (tertiary/aromatic N) is 5. The maximum atomic E-state index is 13.6. The zero-order valence-electron chi connectivity index (χ0n) is 36.5. The lowest BCUT2D eigenvalue weighted by molar-refractivity contribution is -0.384. The number of aromatic nitrogens is 1. The molecule has 64 heavy (non-hydrogen) atoms. The Morgan fingerprint density at radius 1 is 0.859 bits per heavy atom. The molecule has 5 aromatic carbocycles. The van der Waals surface area contributed by atoms with Crippen LogP contribution < -0.4 is 25.2 Å². The van der Waals surface area contributed by atoms with Gasteiger partial charge in [-0.2, -0.15) is 0 Å². The van der Waals surface area contributed by atoms with Crippen LogP contribution in [0.2, 0.25) is 5.02 Å². The van der Waals surface area contributed by atoms with Crippen LogP contribution in [-0.2, 0) is 17.1 Å². The SMILES string of the molecule is CNC(=O)c1c(-c2cccc(N3CCN(c4ccc(NS(=O)(=O)c5ccc(N[C@H](CCN(C)C)CSc6ccccc6)c([N+](=O)[O-])c5)cc4)CC3)c2)c(-c2ccc(Cl)cc2)n(C)c1C. The summed E-state index contributed by atoms with van der Waals surface area (Å²) in [5, 5.41) is 19.1. The van der Waals surface area contributed by atoms with Crippen LogP contribution in [0.1, 0.15) is 22.5 Å². The summed E-state index contributed by atoms with van der Waals surface area (Å²) < 4.78 is 31.9. The van der Waals surface area contributed by atoms with Crippen molar-refractivity contribution in [2.24, 2.45) is 7.05 Å². The number of carbonyl (C=O) groups excluding carboxylic acids is 1. The number of nitro groups is 1. The van der Waals surface area contributed by atoms with Crippen molar-refractivity contribution in [1.82, 2.24) is 14.8 Å². The summed E-state index contributed by atoms with van der Waals surface area (Å²) in [6.07, 6.45) is 0.731. The summed E-state index contributed by atoms with van der Waals surface area (Å²) in [7, 11) is 3.42. The van der Waals surface area contributed by atoms with E-state index in [0.29, 0.717) is 22.0 Å². The zero-order chi connectivity index (χ0) is 45.5. The smallest absolute Gasteiger partial charge is 0.293 e. The van der Waals surface area contributed by atoms with Gasteiger partial charge < -0.3 is 29.9 Å². The van der Waals surface area contributed by atoms with Crippen molar-refractivity contribution in [2.75, 3.05) is 79.5 Å². The lowest BCUT2D eigenvalue weighted by Crippen LogP contribution is -2.46. The van der Waals surface area contributed by atoms with Crippen LogP contribution in [0, 0.1) is 17.0 Å². The minimum Gasteiger partial charge on any atom is -0.376 e. The van der Waals surface area contributed by atoms with E-state index in [1.807, 2.05) is 107 Å². The molecule has 1 aliphatic rings. The van der Waals surface area contributed by atoms with Crippen LogP contribution in [0.4, 0.5) is 28.4 Å². The Bertz CT molecular complexity index is 2710. The Labute approximate surface area is 384 Å². The lowest BCUT2D eigenvalue weighted by atomic mass is 9.96. The predicted molar refractivity (Wildman–Crippen MR) is 262 cm³/mol. The molecule has 0 bridgehead atoms. The molecule has 1 amide bonds. The average Bonchev–Trinajstić information content (AvgIpc) is 3.56. The van der Waals surface area contributed by atoms with Gasteiger partial charge in [0.2, 0.25) is 0 Å². The summed E-state index contributed by atoms with van der Waals surface area (Å²) in [6.45, 7) is 5.66. The van der Waals surface area contributed by atoms with E-state index in [1.165, 1.54) is 12.1 Å². The molecule has 1 aromatic heterocycles. The van der Waals surface area contributed by atoms with Crippen LogP contribution >= 0.6 is 23.4 Å². The molecular formula is C48H53ClN8O5S2. The largest absolute Gasteiger partial charge is 0.376 e. The van der Waals surface area contributed by atoms with Crippen LogP contribution in [-0.4, -0.2) is 94.4 Å². The van der Waals surface area contributed by atoms with E-state index in [1.54, 1.807) is 30.9 Å². The van der Waals surface area contributed by atoms with Crippen molar-refractivity contribution in [3.8, 4) is 22.4 Å². The number of benzene rings is 5. The Hall–Kier alpha value is -6.00. The van der Waals surface area contributed by atoms with E-state index in [-0.39, 0.29) is 28.2 Å². The van der Waals surface area contributed by atoms with E-state index in [4.69, 9.17) is 11.6 Å². The number of rotatable bonds is 17. The summed E-state index contributed by atoms with van der Waals surface area (Å²) in [5.41, 5.74) is 7.46. The van der Waals surface area contributed by atoms with Gasteiger partial charge in [0.05, 0.1) is 21.1 Å². The van der Waals surface area contributed by atoms with Gasteiger partial charge in [-0.15, -0.1) is 11.8 Å². The summed E-state index contributed by atoms with van der Waals surface area (Å²) >= 11 is 7.90. The first-order valence-electron chi connectivity index (χ1n) is 21.0. The number of nitrogens with one attached hydrogen (secondary N) is 3. The number of amides is 1. The van der Waals surface area contributed by atoms with Crippen molar-refractivity contribution >= 4 is 67.7 Å². The maximum Gasteiger partial charge on any atom is 0.293 e. The second-order valence-corrected chi connectivity index (χ2v) is 19.2. The molecule has 0 aliphatic carbocycles. The van der Waals surface area contributed by atoms with Gasteiger partial charge in [0.15, 0.2) is 0 Å². The molecule has 6 aromatic rings. The van der Waals surface area contributed by atoms with Gasteiger partial charge in [0, 0.05) is 96.4 Å². The standard InChI is InChI=1S/C48H53ClN8O5S2/c1-33-45(48(58)50-2)46(47(54(33)5)34-14-16-36(49)17-15-34)35-10-9-11-40(30-35)56-28-26-55(27-29-56)39-20-18-37(19-21-39)52-64(61,62)42-22-23-43(44(31-42)57(59)60)51-38(24-25-53(3)4)32-63-41-12-7-6-8-13-41/h6-23,30-31,38,51-52H,24-29,32H2,1-5H3,(H,50,58)/t38-/m1/s1. The van der Waals surface area contributed by atoms with E-state index in [9.17, 15) is 23.3 Å². The highest BCUT2D eigenvalue weighted by atomic mass is 35.5. The van der Waals surface area contributed by atoms with Gasteiger partial charge in [-0.1, -0.05) is 54.1 Å². The van der Waals surface area contributed by atoms with Crippen LogP contribution in [0.25, 0.3) is 22.4 Å². The van der Waals surface area contributed by atoms with Crippen molar-refractivity contribution in [3.05, 3.63) is 148 Å². The molecule has 1 aliphatic heterocycles. The van der Waals surface area contributed by atoms with Crippen molar-refractivity contribution in [3.63, 3.8) is 0 Å². The van der Waals surface area contributed by atoms with Gasteiger partial charge in [-0.05, 0) is 118 Å². The summed E-state index contributed by atoms with van der Waals surface area (Å²) in [5.74, 6) is 0.515. The van der Waals surface area contributed by atoms with E-state index in [2.05, 4.69) is 46.8 Å². The maximum absolute atomic E-state index is 13.6. The molecule has 13 nitrogen and oxygen atoms in total. The van der Waals surface area contributed by atoms with Crippen LogP contribution in [0.5, 0.6) is 0 Å². The number of nitro benzene ring substituents is 1. The highest BCUT2D eigenvalue weighted by Crippen LogP contribution is 2.40. The van der Waals surface area contributed by atoms with E-state index < -0.39 is 14.9 Å². The number of carbonyl (C=O) groups is 1. The second kappa shape index (κ2) is 20.2. The number of thioether (sulfide) groups is 1. The molecule has 2 heterocycles. The van der Waals surface area contributed by atoms with Crippen molar-refractivity contribution in [2.45, 2.75) is 29.2 Å². The average molecular weight is 922 g/mol. The van der Waals surface area contributed by atoms with Crippen molar-refractivity contribution in [1.29, 1.82) is 0 Å². The van der Waals surface area contributed by atoms with Gasteiger partial charge >= 0.3 is 0 Å². The predicted octanol–water partition coefficient (Wildman–Crippen LogP) is 9.24. The van der Waals surface area contributed by atoms with Crippen molar-refractivity contribution < 1.29 is 18.1 Å². The fourth-order valence-corrected chi connectivity index (χ4v) is 10.2. The molecule has 0 saturated carbocycles. The number of hydrogen-bond donors (Lipinski definition) is 3. The fraction of sp³-hybridized carbons (Fsp3) is 0.271. The van der Waals surface area contributed by atoms with Crippen LogP contribution in [0.3, 0.4) is 0 Å². The third kappa shape index (κ3) is 10.7. The molecule has 1 fully saturated rings. The topological polar surface area (TPSA) is 145 Å². The molecule has 0 spiro atoms. The Kier molecular flexibility index (Phi) is 14.5. The molecule has 0 unspecified atom stereocenters. The molecule has 334 valence electrons. The summed E-state index contributed by atoms with van der Waals surface area (Å²) in [6, 6.07) is 37.0.